The van der Waals surface area contributed by atoms with Crippen LogP contribution < -0.4 is 0 Å². The number of furan rings is 2. The molecule has 5 aromatic heterocycles. The zero-order valence-corrected chi connectivity index (χ0v) is 37.5. The summed E-state index contributed by atoms with van der Waals surface area (Å²) in [5.41, 5.74) is 16.3. The van der Waals surface area contributed by atoms with E-state index in [4.69, 9.17) is 18.8 Å². The third kappa shape index (κ3) is 5.80. The van der Waals surface area contributed by atoms with E-state index in [0.717, 1.165) is 116 Å². The fraction of sp³-hybridized carbons (Fsp3) is 0. The summed E-state index contributed by atoms with van der Waals surface area (Å²) < 4.78 is 17.6. The summed E-state index contributed by atoms with van der Waals surface area (Å²) in [6.45, 7) is 0. The largest absolute Gasteiger partial charge is 0.456 e. The van der Waals surface area contributed by atoms with E-state index in [2.05, 4.69) is 197 Å². The number of benzene rings is 10. The van der Waals surface area contributed by atoms with E-state index in [1.165, 1.54) is 21.8 Å². The number of hydrogen-bond donors (Lipinski definition) is 0. The molecule has 6 heteroatoms. The van der Waals surface area contributed by atoms with Crippen molar-refractivity contribution >= 4 is 87.5 Å². The van der Waals surface area contributed by atoms with Gasteiger partial charge in [0.1, 0.15) is 28.1 Å². The summed E-state index contributed by atoms with van der Waals surface area (Å²) in [5.74, 6) is 1.44. The maximum atomic E-state index is 6.60. The zero-order valence-electron chi connectivity index (χ0n) is 37.5. The molecule has 0 unspecified atom stereocenters. The smallest absolute Gasteiger partial charge is 0.162 e. The van der Waals surface area contributed by atoms with Crippen LogP contribution >= 0.6 is 0 Å². The third-order valence-corrected chi connectivity index (χ3v) is 14.2. The van der Waals surface area contributed by atoms with Gasteiger partial charge in [-0.15, -0.1) is 0 Å². The lowest BCUT2D eigenvalue weighted by Gasteiger charge is -2.13. The molecule has 0 aliphatic carbocycles. The van der Waals surface area contributed by atoms with Crippen molar-refractivity contribution in [1.29, 1.82) is 0 Å². The molecule has 10 aromatic carbocycles. The number of fused-ring (bicyclic) bond motifs is 12. The molecule has 0 bridgehead atoms. The van der Waals surface area contributed by atoms with Crippen LogP contribution in [0.4, 0.5) is 0 Å². The van der Waals surface area contributed by atoms with Crippen molar-refractivity contribution in [2.45, 2.75) is 0 Å². The molecule has 0 N–H and O–H groups in total. The molecule has 0 saturated heterocycles. The molecule has 0 spiro atoms. The Morgan fingerprint density at radius 2 is 0.814 bits per heavy atom. The number of para-hydroxylation sites is 4. The fourth-order valence-electron chi connectivity index (χ4n) is 11.0. The van der Waals surface area contributed by atoms with Crippen molar-refractivity contribution in [3.8, 4) is 56.4 Å². The standard InChI is InChI=1S/C64H38N4O2/c1-3-15-39(16-4-1)64-65-52(47-23-14-28-60-63(47)48-21-9-12-26-57(48)69-60)38-61(66-64)68-54-25-11-8-20-46(54)49-35-40(29-32-56(49)68)41-31-34-58-51(36-41)62-44(22-13-27-59(62)70-58)42-30-33-55-50(37-42)45-19-7-10-24-53(45)67(55)43-17-5-2-6-18-43/h1-38H. The van der Waals surface area contributed by atoms with Crippen LogP contribution in [-0.2, 0) is 0 Å². The molecule has 326 valence electrons. The minimum absolute atomic E-state index is 0.652. The summed E-state index contributed by atoms with van der Waals surface area (Å²) in [6.07, 6.45) is 0. The summed E-state index contributed by atoms with van der Waals surface area (Å²) in [7, 11) is 0. The van der Waals surface area contributed by atoms with Crippen molar-refractivity contribution in [3.05, 3.63) is 231 Å². The average Bonchev–Trinajstić information content (AvgIpc) is 4.18. The summed E-state index contributed by atoms with van der Waals surface area (Å²) >= 11 is 0. The molecular formula is C64H38N4O2. The highest BCUT2D eigenvalue weighted by Crippen LogP contribution is 2.43. The topological polar surface area (TPSA) is 61.9 Å². The van der Waals surface area contributed by atoms with E-state index < -0.39 is 0 Å². The summed E-state index contributed by atoms with van der Waals surface area (Å²) in [5, 5.41) is 9.01. The predicted molar refractivity (Wildman–Crippen MR) is 287 cm³/mol. The molecule has 0 atom stereocenters. The third-order valence-electron chi connectivity index (χ3n) is 14.2. The van der Waals surface area contributed by atoms with E-state index in [0.29, 0.717) is 5.82 Å². The molecule has 70 heavy (non-hydrogen) atoms. The van der Waals surface area contributed by atoms with E-state index in [1.807, 2.05) is 42.5 Å². The molecule has 15 aromatic rings. The fourth-order valence-corrected chi connectivity index (χ4v) is 11.0. The van der Waals surface area contributed by atoms with Gasteiger partial charge in [-0.2, -0.15) is 0 Å². The number of nitrogens with zero attached hydrogens (tertiary/aromatic N) is 4. The number of hydrogen-bond acceptors (Lipinski definition) is 4. The van der Waals surface area contributed by atoms with Gasteiger partial charge in [-0.3, -0.25) is 4.57 Å². The van der Waals surface area contributed by atoms with Crippen molar-refractivity contribution in [2.24, 2.45) is 0 Å². The monoisotopic (exact) mass is 894 g/mol. The van der Waals surface area contributed by atoms with Crippen LogP contribution in [-0.4, -0.2) is 19.1 Å². The van der Waals surface area contributed by atoms with Crippen LogP contribution in [0, 0.1) is 0 Å². The predicted octanol–water partition coefficient (Wildman–Crippen LogP) is 17.1. The van der Waals surface area contributed by atoms with Crippen molar-refractivity contribution in [1.82, 2.24) is 19.1 Å². The quantitative estimate of drug-likeness (QED) is 0.167. The van der Waals surface area contributed by atoms with Gasteiger partial charge in [-0.1, -0.05) is 146 Å². The highest BCUT2D eigenvalue weighted by molar-refractivity contribution is 6.17. The zero-order chi connectivity index (χ0) is 45.9. The van der Waals surface area contributed by atoms with Gasteiger partial charge < -0.3 is 13.4 Å². The van der Waals surface area contributed by atoms with Gasteiger partial charge in [0.25, 0.3) is 0 Å². The van der Waals surface area contributed by atoms with Gasteiger partial charge in [0.05, 0.1) is 27.8 Å². The normalized spacial score (nSPS) is 12.0. The number of rotatable bonds is 6. The Morgan fingerprint density at radius 1 is 0.300 bits per heavy atom. The molecule has 0 radical (unpaired) electrons. The van der Waals surface area contributed by atoms with Crippen LogP contribution in [0.25, 0.3) is 144 Å². The molecule has 6 nitrogen and oxygen atoms in total. The Morgan fingerprint density at radius 3 is 1.56 bits per heavy atom. The van der Waals surface area contributed by atoms with Gasteiger partial charge in [-0.05, 0) is 101 Å². The summed E-state index contributed by atoms with van der Waals surface area (Å²) in [6, 6.07) is 81.4. The highest BCUT2D eigenvalue weighted by atomic mass is 16.3. The Balaban J connectivity index is 0.889. The van der Waals surface area contributed by atoms with E-state index >= 15 is 0 Å². The second-order valence-electron chi connectivity index (χ2n) is 18.1. The molecule has 0 aliphatic heterocycles. The van der Waals surface area contributed by atoms with E-state index in [1.54, 1.807) is 0 Å². The first-order valence-electron chi connectivity index (χ1n) is 23.6. The SMILES string of the molecule is c1ccc(-c2nc(-c3cccc4oc5ccccc5c34)cc(-n3c4ccccc4c4cc(-c5ccc6oc7cccc(-c8ccc9c(c8)c8ccccc8n9-c8ccccc8)c7c6c5)ccc43)n2)cc1. The lowest BCUT2D eigenvalue weighted by Crippen LogP contribution is -2.02. The maximum absolute atomic E-state index is 6.60. The van der Waals surface area contributed by atoms with Crippen LogP contribution in [0.5, 0.6) is 0 Å². The van der Waals surface area contributed by atoms with Crippen LogP contribution in [0.2, 0.25) is 0 Å². The Bertz CT molecular complexity index is 4590. The van der Waals surface area contributed by atoms with Gasteiger partial charge in [-0.25, -0.2) is 9.97 Å². The van der Waals surface area contributed by atoms with E-state index in [9.17, 15) is 0 Å². The second kappa shape index (κ2) is 15.0. The van der Waals surface area contributed by atoms with Crippen molar-refractivity contribution < 1.29 is 8.83 Å². The van der Waals surface area contributed by atoms with Crippen molar-refractivity contribution in [3.63, 3.8) is 0 Å². The van der Waals surface area contributed by atoms with Crippen LogP contribution in [0.1, 0.15) is 0 Å². The number of aromatic nitrogens is 4. The molecule has 0 aliphatic rings. The van der Waals surface area contributed by atoms with Crippen LogP contribution in [0.3, 0.4) is 0 Å². The summed E-state index contributed by atoms with van der Waals surface area (Å²) in [4.78, 5) is 10.6. The van der Waals surface area contributed by atoms with Gasteiger partial charge in [0.2, 0.25) is 0 Å². The van der Waals surface area contributed by atoms with Gasteiger partial charge in [0.15, 0.2) is 5.82 Å². The Hall–Kier alpha value is -9.52. The molecular weight excluding hydrogens is 857 g/mol. The lowest BCUT2D eigenvalue weighted by atomic mass is 9.96. The molecule has 5 heterocycles. The highest BCUT2D eigenvalue weighted by Gasteiger charge is 2.21. The first kappa shape index (κ1) is 38.6. The maximum Gasteiger partial charge on any atom is 0.162 e. The van der Waals surface area contributed by atoms with E-state index in [-0.39, 0.29) is 0 Å². The van der Waals surface area contributed by atoms with Crippen LogP contribution in [0.15, 0.2) is 239 Å². The molecule has 0 amide bonds. The molecule has 15 rings (SSSR count). The minimum atomic E-state index is 0.652. The molecule has 0 saturated carbocycles. The Labute approximate surface area is 400 Å². The molecule has 0 fully saturated rings. The lowest BCUT2D eigenvalue weighted by molar-refractivity contribution is 0.668. The second-order valence-corrected chi connectivity index (χ2v) is 18.1. The first-order chi connectivity index (χ1) is 34.7. The van der Waals surface area contributed by atoms with Gasteiger partial charge in [0, 0.05) is 66.0 Å². The van der Waals surface area contributed by atoms with Gasteiger partial charge >= 0.3 is 0 Å². The minimum Gasteiger partial charge on any atom is -0.456 e. The van der Waals surface area contributed by atoms with Crippen molar-refractivity contribution in [2.75, 3.05) is 0 Å². The Kier molecular flexibility index (Phi) is 8.26. The first-order valence-corrected chi connectivity index (χ1v) is 23.6. The average molecular weight is 895 g/mol.